The summed E-state index contributed by atoms with van der Waals surface area (Å²) in [7, 11) is 3.12. The van der Waals surface area contributed by atoms with Crippen LogP contribution in [0, 0.1) is 11.7 Å². The molecule has 136 valence electrons. The van der Waals surface area contributed by atoms with E-state index in [-0.39, 0.29) is 29.9 Å². The Kier molecular flexibility index (Phi) is 5.25. The number of hydrogen-bond acceptors (Lipinski definition) is 3. The van der Waals surface area contributed by atoms with Crippen molar-refractivity contribution in [2.24, 2.45) is 5.92 Å². The van der Waals surface area contributed by atoms with Crippen molar-refractivity contribution in [2.75, 3.05) is 20.7 Å². The first-order valence-corrected chi connectivity index (χ1v) is 8.86. The molecule has 1 saturated carbocycles. The largest absolute Gasteiger partial charge is 0.494 e. The van der Waals surface area contributed by atoms with Crippen molar-refractivity contribution in [3.8, 4) is 5.75 Å². The second-order valence-electron chi connectivity index (χ2n) is 7.05. The molecule has 0 spiro atoms. The number of benzene rings is 1. The molecule has 5 nitrogen and oxygen atoms in total. The van der Waals surface area contributed by atoms with Crippen molar-refractivity contribution >= 4 is 11.8 Å². The lowest BCUT2D eigenvalue weighted by atomic mass is 10.1. The molecule has 0 aromatic heterocycles. The van der Waals surface area contributed by atoms with Crippen LogP contribution >= 0.6 is 0 Å². The first kappa shape index (κ1) is 17.7. The van der Waals surface area contributed by atoms with E-state index in [0.29, 0.717) is 24.7 Å². The number of methoxy groups -OCH3 is 1. The SMILES string of the molecule is COc1ccc(CN(C)C(=O)C2CC(=O)N(C3CCCC3)C2)cc1F. The quantitative estimate of drug-likeness (QED) is 0.822. The molecule has 1 atom stereocenters. The number of halogens is 1. The summed E-state index contributed by atoms with van der Waals surface area (Å²) >= 11 is 0. The molecule has 2 amide bonds. The van der Waals surface area contributed by atoms with E-state index in [1.54, 1.807) is 24.1 Å². The molecule has 1 aromatic rings. The predicted octanol–water partition coefficient (Wildman–Crippen LogP) is 2.58. The fraction of sp³-hybridized carbons (Fsp3) is 0.579. The highest BCUT2D eigenvalue weighted by Gasteiger charge is 2.39. The Morgan fingerprint density at radius 1 is 1.36 bits per heavy atom. The van der Waals surface area contributed by atoms with E-state index in [1.807, 2.05) is 4.90 Å². The molecule has 1 aromatic carbocycles. The van der Waals surface area contributed by atoms with Gasteiger partial charge < -0.3 is 14.5 Å². The van der Waals surface area contributed by atoms with Crippen molar-refractivity contribution in [3.05, 3.63) is 29.6 Å². The van der Waals surface area contributed by atoms with Crippen molar-refractivity contribution in [3.63, 3.8) is 0 Å². The van der Waals surface area contributed by atoms with Crippen LogP contribution in [0.25, 0.3) is 0 Å². The van der Waals surface area contributed by atoms with Crippen molar-refractivity contribution in [2.45, 2.75) is 44.7 Å². The number of amides is 2. The molecule has 1 aliphatic heterocycles. The van der Waals surface area contributed by atoms with E-state index in [1.165, 1.54) is 13.2 Å². The van der Waals surface area contributed by atoms with Gasteiger partial charge in [0, 0.05) is 32.6 Å². The Balaban J connectivity index is 1.60. The lowest BCUT2D eigenvalue weighted by Gasteiger charge is -2.25. The van der Waals surface area contributed by atoms with Gasteiger partial charge in [-0.25, -0.2) is 4.39 Å². The smallest absolute Gasteiger partial charge is 0.228 e. The van der Waals surface area contributed by atoms with Crippen LogP contribution in [0.2, 0.25) is 0 Å². The zero-order valence-corrected chi connectivity index (χ0v) is 14.8. The van der Waals surface area contributed by atoms with Crippen LogP contribution in [0.4, 0.5) is 4.39 Å². The first-order valence-electron chi connectivity index (χ1n) is 8.86. The summed E-state index contributed by atoms with van der Waals surface area (Å²) in [6, 6.07) is 5.00. The minimum atomic E-state index is -0.440. The number of rotatable bonds is 5. The number of carbonyl (C=O) groups is 2. The molecular weight excluding hydrogens is 323 g/mol. The van der Waals surface area contributed by atoms with Crippen molar-refractivity contribution < 1.29 is 18.7 Å². The van der Waals surface area contributed by atoms with Gasteiger partial charge in [0.2, 0.25) is 11.8 Å². The van der Waals surface area contributed by atoms with Gasteiger partial charge in [-0.05, 0) is 30.5 Å². The molecule has 1 unspecified atom stereocenters. The van der Waals surface area contributed by atoms with Gasteiger partial charge in [-0.1, -0.05) is 18.9 Å². The number of nitrogens with zero attached hydrogens (tertiary/aromatic N) is 2. The highest BCUT2D eigenvalue weighted by atomic mass is 19.1. The zero-order valence-electron chi connectivity index (χ0n) is 14.8. The van der Waals surface area contributed by atoms with Crippen LogP contribution in [0.15, 0.2) is 18.2 Å². The van der Waals surface area contributed by atoms with Gasteiger partial charge in [-0.2, -0.15) is 0 Å². The van der Waals surface area contributed by atoms with E-state index in [4.69, 9.17) is 4.74 Å². The molecule has 1 saturated heterocycles. The summed E-state index contributed by atoms with van der Waals surface area (Å²) in [5, 5.41) is 0. The Hall–Kier alpha value is -2.11. The summed E-state index contributed by atoms with van der Waals surface area (Å²) < 4.78 is 18.7. The van der Waals surface area contributed by atoms with Gasteiger partial charge in [-0.15, -0.1) is 0 Å². The number of ether oxygens (including phenoxy) is 1. The van der Waals surface area contributed by atoms with Crippen LogP contribution in [0.5, 0.6) is 5.75 Å². The van der Waals surface area contributed by atoms with Crippen LogP contribution in [-0.4, -0.2) is 48.4 Å². The monoisotopic (exact) mass is 348 g/mol. The summed E-state index contributed by atoms with van der Waals surface area (Å²) in [5.74, 6) is -0.504. The summed E-state index contributed by atoms with van der Waals surface area (Å²) in [6.07, 6.45) is 4.71. The third kappa shape index (κ3) is 3.78. The minimum Gasteiger partial charge on any atom is -0.494 e. The molecule has 25 heavy (non-hydrogen) atoms. The van der Waals surface area contributed by atoms with Crippen LogP contribution in [-0.2, 0) is 16.1 Å². The molecule has 2 fully saturated rings. The third-order valence-corrected chi connectivity index (χ3v) is 5.29. The maximum absolute atomic E-state index is 13.8. The van der Waals surface area contributed by atoms with Crippen LogP contribution < -0.4 is 4.74 Å². The second-order valence-corrected chi connectivity index (χ2v) is 7.05. The number of likely N-dealkylation sites (tertiary alicyclic amines) is 1. The van der Waals surface area contributed by atoms with E-state index >= 15 is 0 Å². The Morgan fingerprint density at radius 2 is 2.08 bits per heavy atom. The molecule has 3 rings (SSSR count). The number of carbonyl (C=O) groups excluding carboxylic acids is 2. The Morgan fingerprint density at radius 3 is 2.72 bits per heavy atom. The second kappa shape index (κ2) is 7.42. The van der Waals surface area contributed by atoms with E-state index in [2.05, 4.69) is 0 Å². The highest BCUT2D eigenvalue weighted by molar-refractivity contribution is 5.89. The molecule has 0 bridgehead atoms. The first-order chi connectivity index (χ1) is 12.0. The van der Waals surface area contributed by atoms with Crippen molar-refractivity contribution in [1.82, 2.24) is 9.80 Å². The van der Waals surface area contributed by atoms with Crippen LogP contribution in [0.1, 0.15) is 37.7 Å². The maximum atomic E-state index is 13.8. The fourth-order valence-electron chi connectivity index (χ4n) is 3.94. The lowest BCUT2D eigenvalue weighted by molar-refractivity contribution is -0.135. The molecule has 2 aliphatic rings. The highest BCUT2D eigenvalue weighted by Crippen LogP contribution is 2.30. The topological polar surface area (TPSA) is 49.9 Å². The van der Waals surface area contributed by atoms with E-state index < -0.39 is 5.82 Å². The van der Waals surface area contributed by atoms with Gasteiger partial charge in [0.25, 0.3) is 0 Å². The molecular formula is C19H25FN2O3. The predicted molar refractivity (Wildman–Crippen MR) is 91.5 cm³/mol. The van der Waals surface area contributed by atoms with Gasteiger partial charge in [0.15, 0.2) is 11.6 Å². The molecule has 0 radical (unpaired) electrons. The standard InChI is InChI=1S/C19H25FN2O3/c1-21(11-13-7-8-17(25-2)16(20)9-13)19(24)14-10-18(23)22(12-14)15-5-3-4-6-15/h7-9,14-15H,3-6,10-12H2,1-2H3. The van der Waals surface area contributed by atoms with Gasteiger partial charge in [0.1, 0.15) is 0 Å². The molecule has 1 aliphatic carbocycles. The summed E-state index contributed by atoms with van der Waals surface area (Å²) in [6.45, 7) is 0.831. The van der Waals surface area contributed by atoms with Gasteiger partial charge >= 0.3 is 0 Å². The van der Waals surface area contributed by atoms with Gasteiger partial charge in [0.05, 0.1) is 13.0 Å². The molecule has 6 heteroatoms. The molecule has 0 N–H and O–H groups in total. The lowest BCUT2D eigenvalue weighted by Crippen LogP contribution is -2.37. The van der Waals surface area contributed by atoms with E-state index in [9.17, 15) is 14.0 Å². The normalized spacial score (nSPS) is 21.0. The molecule has 1 heterocycles. The van der Waals surface area contributed by atoms with Gasteiger partial charge in [-0.3, -0.25) is 9.59 Å². The van der Waals surface area contributed by atoms with Crippen molar-refractivity contribution in [1.29, 1.82) is 0 Å². The van der Waals surface area contributed by atoms with E-state index in [0.717, 1.165) is 25.7 Å². The Bertz CT molecular complexity index is 658. The summed E-state index contributed by atoms with van der Waals surface area (Å²) in [4.78, 5) is 28.4. The average Bonchev–Trinajstić information content (AvgIpc) is 3.23. The maximum Gasteiger partial charge on any atom is 0.228 e. The minimum absolute atomic E-state index is 0.0509. The fourth-order valence-corrected chi connectivity index (χ4v) is 3.94. The zero-order chi connectivity index (χ0) is 18.0. The third-order valence-electron chi connectivity index (χ3n) is 5.29. The number of hydrogen-bond donors (Lipinski definition) is 0. The summed E-state index contributed by atoms with van der Waals surface area (Å²) in [5.41, 5.74) is 0.700. The average molecular weight is 348 g/mol. The Labute approximate surface area is 147 Å². The van der Waals surface area contributed by atoms with Crippen LogP contribution in [0.3, 0.4) is 0 Å².